The van der Waals surface area contributed by atoms with Crippen molar-refractivity contribution in [1.82, 2.24) is 15.3 Å². The average Bonchev–Trinajstić information content (AvgIpc) is 2.88. The molecule has 1 unspecified atom stereocenters. The van der Waals surface area contributed by atoms with Gasteiger partial charge in [0.15, 0.2) is 0 Å². The maximum absolute atomic E-state index is 10.6. The molecule has 3 N–H and O–H groups in total. The highest BCUT2D eigenvalue weighted by molar-refractivity contribution is 5.67. The highest BCUT2D eigenvalue weighted by Crippen LogP contribution is 2.30. The quantitative estimate of drug-likeness (QED) is 0.455. The summed E-state index contributed by atoms with van der Waals surface area (Å²) >= 11 is 0. The Bertz CT molecular complexity index is 1150. The summed E-state index contributed by atoms with van der Waals surface area (Å²) < 4.78 is 6.10. The molecule has 6 bridgehead atoms. The third-order valence-electron chi connectivity index (χ3n) is 6.84. The summed E-state index contributed by atoms with van der Waals surface area (Å²) in [5.41, 5.74) is 7.20. The Kier molecular flexibility index (Phi) is 7.57. The number of hydrogen-bond donors (Lipinski definition) is 3. The van der Waals surface area contributed by atoms with Crippen molar-refractivity contribution in [3.05, 3.63) is 65.4 Å². The van der Waals surface area contributed by atoms with Crippen LogP contribution in [0.15, 0.2) is 48.7 Å². The van der Waals surface area contributed by atoms with Crippen molar-refractivity contribution in [3.63, 3.8) is 0 Å². The van der Waals surface area contributed by atoms with Gasteiger partial charge in [-0.2, -0.15) is 0 Å². The lowest BCUT2D eigenvalue weighted by molar-refractivity contribution is 0.112. The molecule has 6 rings (SSSR count). The minimum absolute atomic E-state index is 0.559. The van der Waals surface area contributed by atoms with Crippen molar-refractivity contribution >= 4 is 17.3 Å². The van der Waals surface area contributed by atoms with Gasteiger partial charge in [-0.15, -0.1) is 0 Å². The first kappa shape index (κ1) is 23.7. The Hall–Kier alpha value is -3.00. The summed E-state index contributed by atoms with van der Waals surface area (Å²) in [4.78, 5) is 11.7. The molecule has 4 heterocycles. The van der Waals surface area contributed by atoms with Crippen LogP contribution < -0.4 is 15.5 Å². The number of aryl methyl sites for hydroxylation is 1. The van der Waals surface area contributed by atoms with Crippen molar-refractivity contribution in [3.8, 4) is 11.3 Å². The summed E-state index contributed by atoms with van der Waals surface area (Å²) in [6, 6.07) is 14.4. The second kappa shape index (κ2) is 11.2. The van der Waals surface area contributed by atoms with Gasteiger partial charge in [-0.3, -0.25) is 5.32 Å². The topological polar surface area (TPSA) is 82.5 Å². The van der Waals surface area contributed by atoms with Crippen LogP contribution in [0.4, 0.5) is 17.3 Å². The molecule has 3 aliphatic rings. The van der Waals surface area contributed by atoms with Gasteiger partial charge in [0.2, 0.25) is 5.95 Å². The van der Waals surface area contributed by atoms with Crippen LogP contribution >= 0.6 is 0 Å². The molecule has 184 valence electrons. The number of ether oxygens (including phenoxy) is 1. The van der Waals surface area contributed by atoms with E-state index in [4.69, 9.17) is 9.72 Å². The van der Waals surface area contributed by atoms with Crippen LogP contribution in [-0.4, -0.2) is 41.3 Å². The fourth-order valence-electron chi connectivity index (χ4n) is 4.93. The van der Waals surface area contributed by atoms with Crippen molar-refractivity contribution in [2.45, 2.75) is 51.9 Å². The van der Waals surface area contributed by atoms with Gasteiger partial charge in [-0.25, -0.2) is 9.97 Å². The highest BCUT2D eigenvalue weighted by Gasteiger charge is 2.16. The molecule has 35 heavy (non-hydrogen) atoms. The van der Waals surface area contributed by atoms with Crippen molar-refractivity contribution in [1.29, 1.82) is 0 Å². The molecular weight excluding hydrogens is 438 g/mol. The van der Waals surface area contributed by atoms with Crippen molar-refractivity contribution < 1.29 is 9.84 Å². The fraction of sp³-hybridized carbons (Fsp3) is 0.429. The lowest BCUT2D eigenvalue weighted by Gasteiger charge is -2.31. The van der Waals surface area contributed by atoms with E-state index in [0.717, 1.165) is 60.5 Å². The van der Waals surface area contributed by atoms with Gasteiger partial charge in [-0.1, -0.05) is 18.2 Å². The molecule has 3 aromatic rings. The predicted octanol–water partition coefficient (Wildman–Crippen LogP) is 5.08. The first-order valence-corrected chi connectivity index (χ1v) is 12.8. The summed E-state index contributed by atoms with van der Waals surface area (Å²) in [6.45, 7) is 6.23. The number of hydrogen-bond acceptors (Lipinski definition) is 7. The van der Waals surface area contributed by atoms with Crippen molar-refractivity contribution in [2.24, 2.45) is 0 Å². The molecule has 1 fully saturated rings. The van der Waals surface area contributed by atoms with Gasteiger partial charge in [0.1, 0.15) is 6.23 Å². The van der Waals surface area contributed by atoms with E-state index in [1.165, 1.54) is 30.5 Å². The standard InChI is InChI=1S/C28H35N5O2/c1-20-17-21-7-9-24(20)25-11-13-30-28(32-25)31-23-8-10-26(33-14-4-2-5-15-33)22(18-23)19-35-16-6-3-12-29-27(21)34/h7-11,13,17-18,27,29,34H,2-6,12,14-16,19H2,1H3,(H,30,31,32). The van der Waals surface area contributed by atoms with E-state index >= 15 is 0 Å². The number of benzene rings is 2. The van der Waals surface area contributed by atoms with Gasteiger partial charge >= 0.3 is 0 Å². The van der Waals surface area contributed by atoms with Gasteiger partial charge in [-0.05, 0) is 81.0 Å². The third-order valence-corrected chi connectivity index (χ3v) is 6.84. The van der Waals surface area contributed by atoms with Crippen molar-refractivity contribution in [2.75, 3.05) is 36.5 Å². The number of aliphatic hydroxyl groups is 1. The van der Waals surface area contributed by atoms with Crippen LogP contribution in [0.25, 0.3) is 11.3 Å². The van der Waals surface area contributed by atoms with E-state index < -0.39 is 6.23 Å². The van der Waals surface area contributed by atoms with E-state index in [0.29, 0.717) is 19.2 Å². The maximum atomic E-state index is 10.6. The second-order valence-electron chi connectivity index (χ2n) is 9.47. The first-order valence-electron chi connectivity index (χ1n) is 12.8. The molecule has 1 aromatic heterocycles. The van der Waals surface area contributed by atoms with E-state index in [1.807, 2.05) is 31.2 Å². The monoisotopic (exact) mass is 473 g/mol. The second-order valence-corrected chi connectivity index (χ2v) is 9.47. The molecule has 0 aliphatic carbocycles. The number of rotatable bonds is 1. The Balaban J connectivity index is 1.47. The Morgan fingerprint density at radius 2 is 1.89 bits per heavy atom. The van der Waals surface area contributed by atoms with E-state index in [1.54, 1.807) is 6.20 Å². The van der Waals surface area contributed by atoms with Crippen LogP contribution in [0.2, 0.25) is 0 Å². The zero-order chi connectivity index (χ0) is 24.0. The number of aliphatic hydroxyl groups excluding tert-OH is 1. The van der Waals surface area contributed by atoms with Crippen LogP contribution in [0, 0.1) is 6.92 Å². The van der Waals surface area contributed by atoms with Crippen LogP contribution in [0.5, 0.6) is 0 Å². The summed E-state index contributed by atoms with van der Waals surface area (Å²) in [6.07, 6.45) is 6.75. The molecule has 0 saturated carbocycles. The smallest absolute Gasteiger partial charge is 0.227 e. The lowest BCUT2D eigenvalue weighted by Crippen LogP contribution is -2.30. The minimum atomic E-state index is -0.693. The molecular formula is C28H35N5O2. The number of nitrogens with zero attached hydrogens (tertiary/aromatic N) is 3. The van der Waals surface area contributed by atoms with E-state index in [9.17, 15) is 5.11 Å². The Morgan fingerprint density at radius 1 is 1.00 bits per heavy atom. The highest BCUT2D eigenvalue weighted by atomic mass is 16.5. The molecule has 0 amide bonds. The van der Waals surface area contributed by atoms with Gasteiger partial charge in [0.05, 0.1) is 12.3 Å². The molecule has 0 spiro atoms. The van der Waals surface area contributed by atoms with Gasteiger partial charge in [0.25, 0.3) is 0 Å². The first-order chi connectivity index (χ1) is 17.2. The van der Waals surface area contributed by atoms with Gasteiger partial charge in [0, 0.05) is 48.4 Å². The largest absolute Gasteiger partial charge is 0.377 e. The molecule has 7 heteroatoms. The predicted molar refractivity (Wildman–Crippen MR) is 140 cm³/mol. The average molecular weight is 474 g/mol. The molecule has 2 aromatic carbocycles. The molecule has 1 saturated heterocycles. The number of anilines is 3. The molecule has 3 aliphatic heterocycles. The molecule has 0 radical (unpaired) electrons. The fourth-order valence-corrected chi connectivity index (χ4v) is 4.93. The minimum Gasteiger partial charge on any atom is -0.377 e. The summed E-state index contributed by atoms with van der Waals surface area (Å²) in [7, 11) is 0. The van der Waals surface area contributed by atoms with Crippen LogP contribution in [0.1, 0.15) is 55.0 Å². The normalized spacial score (nSPS) is 19.4. The summed E-state index contributed by atoms with van der Waals surface area (Å²) in [5.74, 6) is 0.559. The van der Waals surface area contributed by atoms with E-state index in [2.05, 4.69) is 38.7 Å². The summed E-state index contributed by atoms with van der Waals surface area (Å²) in [5, 5.41) is 17.2. The maximum Gasteiger partial charge on any atom is 0.227 e. The van der Waals surface area contributed by atoms with Gasteiger partial charge < -0.3 is 20.1 Å². The number of fused-ring (bicyclic) bond motifs is 9. The zero-order valence-corrected chi connectivity index (χ0v) is 20.5. The molecule has 7 nitrogen and oxygen atoms in total. The zero-order valence-electron chi connectivity index (χ0n) is 20.5. The van der Waals surface area contributed by atoms with Crippen LogP contribution in [-0.2, 0) is 11.3 Å². The Labute approximate surface area is 207 Å². The number of piperidine rings is 1. The number of nitrogens with one attached hydrogen (secondary N) is 2. The number of aromatic nitrogens is 2. The molecule has 1 atom stereocenters. The third kappa shape index (κ3) is 5.81. The Morgan fingerprint density at radius 3 is 2.74 bits per heavy atom. The van der Waals surface area contributed by atoms with E-state index in [-0.39, 0.29) is 0 Å². The van der Waals surface area contributed by atoms with Crippen LogP contribution in [0.3, 0.4) is 0 Å². The lowest BCUT2D eigenvalue weighted by atomic mass is 10.0. The SMILES string of the molecule is Cc1cc2ccc1-c1ccnc(n1)Nc1ccc(N3CCCCC3)c(c1)COCCCCNC2O.